The molecule has 3 nitrogen and oxygen atoms in total. The lowest BCUT2D eigenvalue weighted by Crippen LogP contribution is -2.06. The number of allylic oxidation sites excluding steroid dienone is 1. The number of benzene rings is 3. The van der Waals surface area contributed by atoms with E-state index in [1.807, 2.05) is 37.3 Å². The maximum absolute atomic E-state index is 6.22. The van der Waals surface area contributed by atoms with Gasteiger partial charge in [-0.15, -0.1) is 6.58 Å². The normalized spacial score (nSPS) is 10.6. The molecular weight excluding hydrogens is 406 g/mol. The van der Waals surface area contributed by atoms with E-state index in [9.17, 15) is 0 Å². The molecule has 0 spiro atoms. The lowest BCUT2D eigenvalue weighted by atomic mass is 10.0. The van der Waals surface area contributed by atoms with E-state index in [0.29, 0.717) is 31.2 Å². The smallest absolute Gasteiger partial charge is 0.165 e. The van der Waals surface area contributed by atoms with E-state index in [2.05, 4.69) is 56.1 Å². The number of aryl methyl sites for hydroxylation is 1. The van der Waals surface area contributed by atoms with Gasteiger partial charge in [0.2, 0.25) is 0 Å². The summed E-state index contributed by atoms with van der Waals surface area (Å²) in [7, 11) is 0. The van der Waals surface area contributed by atoms with Crippen LogP contribution in [0.5, 0.6) is 11.5 Å². The second-order valence-electron chi connectivity index (χ2n) is 7.52. The van der Waals surface area contributed by atoms with Gasteiger partial charge in [0.1, 0.15) is 6.61 Å². The van der Waals surface area contributed by atoms with Crippen LogP contribution < -0.4 is 14.8 Å². The highest BCUT2D eigenvalue weighted by Crippen LogP contribution is 2.35. The Morgan fingerprint density at radius 3 is 2.48 bits per heavy atom. The molecule has 0 aliphatic carbocycles. The molecule has 0 atom stereocenters. The number of halogens is 1. The zero-order chi connectivity index (χ0) is 22.2. The molecule has 3 aromatic carbocycles. The summed E-state index contributed by atoms with van der Waals surface area (Å²) in [5, 5.41) is 4.27. The Morgan fingerprint density at radius 2 is 1.77 bits per heavy atom. The second kappa shape index (κ2) is 10.9. The van der Waals surface area contributed by atoms with Crippen LogP contribution in [0, 0.1) is 13.8 Å². The number of anilines is 1. The number of nitrogens with one attached hydrogen (secondary N) is 1. The van der Waals surface area contributed by atoms with Crippen LogP contribution >= 0.6 is 11.6 Å². The van der Waals surface area contributed by atoms with Gasteiger partial charge in [0.15, 0.2) is 11.5 Å². The summed E-state index contributed by atoms with van der Waals surface area (Å²) >= 11 is 5.99. The Hall–Kier alpha value is -2.91. The van der Waals surface area contributed by atoms with Gasteiger partial charge in [0, 0.05) is 22.8 Å². The number of hydrogen-bond donors (Lipinski definition) is 1. The van der Waals surface area contributed by atoms with Crippen LogP contribution in [0.2, 0.25) is 5.02 Å². The highest BCUT2D eigenvalue weighted by molar-refractivity contribution is 6.30. The van der Waals surface area contributed by atoms with Crippen LogP contribution in [-0.4, -0.2) is 6.61 Å². The van der Waals surface area contributed by atoms with Crippen LogP contribution in [0.25, 0.3) is 0 Å². The quantitative estimate of drug-likeness (QED) is 0.339. The van der Waals surface area contributed by atoms with E-state index in [1.165, 1.54) is 11.1 Å². The van der Waals surface area contributed by atoms with E-state index < -0.39 is 0 Å². The number of ether oxygens (including phenoxy) is 2. The van der Waals surface area contributed by atoms with Crippen molar-refractivity contribution >= 4 is 17.3 Å². The van der Waals surface area contributed by atoms with Gasteiger partial charge in [0.25, 0.3) is 0 Å². The molecule has 0 saturated heterocycles. The van der Waals surface area contributed by atoms with Crippen LogP contribution in [0.1, 0.15) is 34.7 Å². The molecule has 3 rings (SSSR count). The Kier molecular flexibility index (Phi) is 8.02. The summed E-state index contributed by atoms with van der Waals surface area (Å²) in [4.78, 5) is 0. The molecule has 0 saturated carbocycles. The van der Waals surface area contributed by atoms with Crippen molar-refractivity contribution in [2.45, 2.75) is 40.3 Å². The SMILES string of the molecule is C=CCc1cc(CNc2cccc(C)c2C)cc(OCC)c1OCc1ccc(Cl)cc1. The molecule has 0 aliphatic heterocycles. The number of rotatable bonds is 10. The lowest BCUT2D eigenvalue weighted by Gasteiger charge is -2.18. The largest absolute Gasteiger partial charge is 0.490 e. The van der Waals surface area contributed by atoms with Crippen molar-refractivity contribution < 1.29 is 9.47 Å². The van der Waals surface area contributed by atoms with Crippen molar-refractivity contribution in [3.05, 3.63) is 100 Å². The van der Waals surface area contributed by atoms with Crippen LogP contribution in [0.3, 0.4) is 0 Å². The van der Waals surface area contributed by atoms with Crippen molar-refractivity contribution in [1.29, 1.82) is 0 Å². The van der Waals surface area contributed by atoms with E-state index in [4.69, 9.17) is 21.1 Å². The molecule has 162 valence electrons. The topological polar surface area (TPSA) is 30.5 Å². The fourth-order valence-electron chi connectivity index (χ4n) is 3.43. The van der Waals surface area contributed by atoms with Gasteiger partial charge in [-0.1, -0.05) is 41.9 Å². The summed E-state index contributed by atoms with van der Waals surface area (Å²) in [6, 6.07) is 18.2. The van der Waals surface area contributed by atoms with E-state index in [1.54, 1.807) is 0 Å². The molecule has 0 aromatic heterocycles. The monoisotopic (exact) mass is 435 g/mol. The van der Waals surface area contributed by atoms with Crippen molar-refractivity contribution in [3.63, 3.8) is 0 Å². The zero-order valence-corrected chi connectivity index (χ0v) is 19.3. The first-order chi connectivity index (χ1) is 15.0. The summed E-state index contributed by atoms with van der Waals surface area (Å²) in [5.74, 6) is 1.53. The van der Waals surface area contributed by atoms with Gasteiger partial charge >= 0.3 is 0 Å². The average Bonchev–Trinajstić information content (AvgIpc) is 2.76. The molecule has 0 unspecified atom stereocenters. The van der Waals surface area contributed by atoms with Gasteiger partial charge in [0.05, 0.1) is 6.61 Å². The van der Waals surface area contributed by atoms with Gasteiger partial charge in [-0.05, 0) is 79.8 Å². The molecule has 3 aromatic rings. The third-order valence-electron chi connectivity index (χ3n) is 5.24. The van der Waals surface area contributed by atoms with Gasteiger partial charge in [-0.2, -0.15) is 0 Å². The molecule has 0 bridgehead atoms. The molecule has 4 heteroatoms. The van der Waals surface area contributed by atoms with Crippen LogP contribution in [0.4, 0.5) is 5.69 Å². The Labute approximate surface area is 190 Å². The van der Waals surface area contributed by atoms with Gasteiger partial charge in [-0.25, -0.2) is 0 Å². The van der Waals surface area contributed by atoms with Crippen LogP contribution in [-0.2, 0) is 19.6 Å². The highest BCUT2D eigenvalue weighted by Gasteiger charge is 2.14. The van der Waals surface area contributed by atoms with Gasteiger partial charge < -0.3 is 14.8 Å². The van der Waals surface area contributed by atoms with E-state index in [-0.39, 0.29) is 0 Å². The first-order valence-electron chi connectivity index (χ1n) is 10.6. The van der Waals surface area contributed by atoms with E-state index >= 15 is 0 Å². The summed E-state index contributed by atoms with van der Waals surface area (Å²) in [6.45, 7) is 11.9. The predicted octanol–water partition coefficient (Wildman–Crippen LogP) is 7.28. The molecule has 0 radical (unpaired) electrons. The summed E-state index contributed by atoms with van der Waals surface area (Å²) < 4.78 is 12.2. The first-order valence-corrected chi connectivity index (χ1v) is 11.0. The van der Waals surface area contributed by atoms with E-state index in [0.717, 1.165) is 33.9 Å². The van der Waals surface area contributed by atoms with Crippen molar-refractivity contribution in [3.8, 4) is 11.5 Å². The molecule has 0 aliphatic rings. The van der Waals surface area contributed by atoms with Crippen LogP contribution in [0.15, 0.2) is 67.3 Å². The maximum atomic E-state index is 6.22. The molecule has 31 heavy (non-hydrogen) atoms. The third kappa shape index (κ3) is 6.05. The fourth-order valence-corrected chi connectivity index (χ4v) is 3.56. The Bertz CT molecular complexity index is 1030. The van der Waals surface area contributed by atoms with Crippen molar-refractivity contribution in [1.82, 2.24) is 0 Å². The first kappa shape index (κ1) is 22.8. The Morgan fingerprint density at radius 1 is 1.00 bits per heavy atom. The second-order valence-corrected chi connectivity index (χ2v) is 7.96. The minimum atomic E-state index is 0.446. The molecule has 1 N–H and O–H groups in total. The summed E-state index contributed by atoms with van der Waals surface area (Å²) in [5.41, 5.74) is 6.94. The maximum Gasteiger partial charge on any atom is 0.165 e. The molecule has 0 amide bonds. The van der Waals surface area contributed by atoms with Crippen molar-refractivity contribution in [2.24, 2.45) is 0 Å². The minimum absolute atomic E-state index is 0.446. The standard InChI is InChI=1S/C27H30ClNO2/c1-5-8-23-15-22(17-29-25-10-7-9-19(3)20(25)4)16-26(30-6-2)27(23)31-18-21-11-13-24(28)14-12-21/h5,7,9-16,29H,1,6,8,17-18H2,2-4H3. The third-order valence-corrected chi connectivity index (χ3v) is 5.49. The fraction of sp³-hybridized carbons (Fsp3) is 0.259. The molecule has 0 heterocycles. The predicted molar refractivity (Wildman–Crippen MR) is 131 cm³/mol. The van der Waals surface area contributed by atoms with Crippen molar-refractivity contribution in [2.75, 3.05) is 11.9 Å². The summed E-state index contributed by atoms with van der Waals surface area (Å²) in [6.07, 6.45) is 2.59. The van der Waals surface area contributed by atoms with Gasteiger partial charge in [-0.3, -0.25) is 0 Å². The average molecular weight is 436 g/mol. The lowest BCUT2D eigenvalue weighted by molar-refractivity contribution is 0.267. The molecular formula is C27H30ClNO2. The molecule has 0 fully saturated rings. The highest BCUT2D eigenvalue weighted by atomic mass is 35.5. The number of hydrogen-bond acceptors (Lipinski definition) is 3. The Balaban J connectivity index is 1.85. The minimum Gasteiger partial charge on any atom is -0.490 e. The zero-order valence-electron chi connectivity index (χ0n) is 18.5.